The number of aryl methyl sites for hydroxylation is 2. The molecular formula is C18H23FN4S. The molecule has 128 valence electrons. The molecule has 0 saturated heterocycles. The van der Waals surface area contributed by atoms with Crippen LogP contribution < -0.4 is 10.6 Å². The lowest BCUT2D eigenvalue weighted by Gasteiger charge is -2.19. The van der Waals surface area contributed by atoms with Gasteiger partial charge in [0.25, 0.3) is 0 Å². The monoisotopic (exact) mass is 346 g/mol. The molecule has 0 unspecified atom stereocenters. The van der Waals surface area contributed by atoms with Gasteiger partial charge in [-0.2, -0.15) is 0 Å². The third-order valence-corrected chi connectivity index (χ3v) is 5.67. The van der Waals surface area contributed by atoms with E-state index in [2.05, 4.69) is 27.5 Å². The number of rotatable bonds is 5. The Balaban J connectivity index is 1.57. The Kier molecular flexibility index (Phi) is 4.85. The van der Waals surface area contributed by atoms with Crippen molar-refractivity contribution in [3.8, 4) is 0 Å². The predicted molar refractivity (Wildman–Crippen MR) is 97.1 cm³/mol. The zero-order valence-electron chi connectivity index (χ0n) is 14.3. The summed E-state index contributed by atoms with van der Waals surface area (Å²) in [6, 6.07) is 7.07. The van der Waals surface area contributed by atoms with Crippen molar-refractivity contribution in [2.75, 3.05) is 13.6 Å². The molecule has 1 saturated carbocycles. The van der Waals surface area contributed by atoms with Crippen LogP contribution in [0.1, 0.15) is 34.0 Å². The van der Waals surface area contributed by atoms with Crippen molar-refractivity contribution in [3.63, 3.8) is 0 Å². The van der Waals surface area contributed by atoms with E-state index in [9.17, 15) is 4.39 Å². The molecule has 0 aliphatic heterocycles. The molecule has 1 aromatic carbocycles. The maximum Gasteiger partial charge on any atom is 0.191 e. The molecule has 24 heavy (non-hydrogen) atoms. The lowest BCUT2D eigenvalue weighted by molar-refractivity contribution is 0.559. The van der Waals surface area contributed by atoms with E-state index in [1.807, 2.05) is 19.1 Å². The number of hydrogen-bond donors (Lipinski definition) is 2. The number of nitrogens with one attached hydrogen (secondary N) is 2. The van der Waals surface area contributed by atoms with Crippen LogP contribution >= 0.6 is 11.3 Å². The van der Waals surface area contributed by atoms with Gasteiger partial charge in [-0.25, -0.2) is 9.37 Å². The first-order valence-electron chi connectivity index (χ1n) is 8.16. The number of aromatic nitrogens is 1. The molecule has 0 radical (unpaired) electrons. The highest BCUT2D eigenvalue weighted by atomic mass is 32.1. The van der Waals surface area contributed by atoms with Crippen molar-refractivity contribution in [2.45, 2.75) is 38.6 Å². The van der Waals surface area contributed by atoms with Gasteiger partial charge in [-0.15, -0.1) is 11.3 Å². The Bertz CT molecular complexity index is 730. The highest BCUT2D eigenvalue weighted by Crippen LogP contribution is 2.48. The summed E-state index contributed by atoms with van der Waals surface area (Å²) in [6.07, 6.45) is 2.01. The molecule has 0 bridgehead atoms. The average Bonchev–Trinajstić information content (AvgIpc) is 3.28. The number of aliphatic imine (C=N–C) groups is 1. The molecule has 2 aromatic rings. The van der Waals surface area contributed by atoms with E-state index < -0.39 is 0 Å². The molecule has 0 amide bonds. The number of guanidine groups is 1. The number of benzene rings is 1. The smallest absolute Gasteiger partial charge is 0.191 e. The van der Waals surface area contributed by atoms with Crippen LogP contribution in [0.5, 0.6) is 0 Å². The van der Waals surface area contributed by atoms with Crippen molar-refractivity contribution in [2.24, 2.45) is 4.99 Å². The maximum atomic E-state index is 14.1. The van der Waals surface area contributed by atoms with Crippen molar-refractivity contribution >= 4 is 17.3 Å². The maximum absolute atomic E-state index is 14.1. The molecule has 6 heteroatoms. The van der Waals surface area contributed by atoms with Gasteiger partial charge in [0.1, 0.15) is 10.8 Å². The second-order valence-corrected chi connectivity index (χ2v) is 7.58. The first-order valence-corrected chi connectivity index (χ1v) is 8.98. The predicted octanol–water partition coefficient (Wildman–Crippen LogP) is 3.30. The van der Waals surface area contributed by atoms with Crippen molar-refractivity contribution in [1.82, 2.24) is 15.6 Å². The molecule has 2 N–H and O–H groups in total. The van der Waals surface area contributed by atoms with Gasteiger partial charge < -0.3 is 10.6 Å². The Morgan fingerprint density at radius 3 is 2.62 bits per heavy atom. The van der Waals surface area contributed by atoms with Crippen molar-refractivity contribution in [1.29, 1.82) is 0 Å². The Morgan fingerprint density at radius 2 is 2.04 bits per heavy atom. The van der Waals surface area contributed by atoms with E-state index in [0.29, 0.717) is 13.1 Å². The molecule has 1 aromatic heterocycles. The normalized spacial score (nSPS) is 16.1. The fourth-order valence-electron chi connectivity index (χ4n) is 2.83. The largest absolute Gasteiger partial charge is 0.356 e. The van der Waals surface area contributed by atoms with Crippen LogP contribution in [0.2, 0.25) is 0 Å². The van der Waals surface area contributed by atoms with Crippen LogP contribution in [0.3, 0.4) is 0 Å². The van der Waals surface area contributed by atoms with E-state index in [-0.39, 0.29) is 11.2 Å². The number of nitrogens with zero attached hydrogens (tertiary/aromatic N) is 2. The first-order chi connectivity index (χ1) is 11.5. The zero-order chi connectivity index (χ0) is 17.2. The van der Waals surface area contributed by atoms with Crippen LogP contribution in [0.25, 0.3) is 0 Å². The minimum absolute atomic E-state index is 0.0999. The van der Waals surface area contributed by atoms with E-state index in [1.165, 1.54) is 10.9 Å². The topological polar surface area (TPSA) is 49.3 Å². The highest BCUT2D eigenvalue weighted by Gasteiger charge is 2.45. The van der Waals surface area contributed by atoms with E-state index >= 15 is 0 Å². The molecule has 0 spiro atoms. The third-order valence-electron chi connectivity index (χ3n) is 4.60. The number of halogens is 1. The molecule has 4 nitrogen and oxygen atoms in total. The Morgan fingerprint density at radius 1 is 1.29 bits per heavy atom. The van der Waals surface area contributed by atoms with Crippen LogP contribution in [-0.4, -0.2) is 24.5 Å². The summed E-state index contributed by atoms with van der Waals surface area (Å²) in [5, 5.41) is 7.67. The molecule has 1 aliphatic carbocycles. The van der Waals surface area contributed by atoms with Crippen LogP contribution in [0, 0.1) is 19.7 Å². The van der Waals surface area contributed by atoms with Gasteiger partial charge in [0.05, 0.1) is 12.2 Å². The van der Waals surface area contributed by atoms with Crippen LogP contribution in [-0.2, 0) is 12.0 Å². The summed E-state index contributed by atoms with van der Waals surface area (Å²) in [4.78, 5) is 10.0. The SMILES string of the molecule is CN=C(NCc1nc(C)c(C)s1)NCC1(c2ccccc2F)CC1. The molecule has 1 heterocycles. The molecule has 1 aliphatic rings. The standard InChI is InChI=1S/C18H23FN4S/c1-12-13(2)24-16(23-12)10-21-17(20-3)22-11-18(8-9-18)14-6-4-5-7-15(14)19/h4-7H,8-11H2,1-3H3,(H2,20,21,22). The minimum atomic E-state index is -0.117. The summed E-state index contributed by atoms with van der Waals surface area (Å²) in [5.74, 6) is 0.608. The summed E-state index contributed by atoms with van der Waals surface area (Å²) >= 11 is 1.70. The van der Waals surface area contributed by atoms with E-state index in [4.69, 9.17) is 0 Å². The van der Waals surface area contributed by atoms with E-state index in [0.717, 1.165) is 35.1 Å². The summed E-state index contributed by atoms with van der Waals surface area (Å²) in [5.41, 5.74) is 1.78. The molecule has 0 atom stereocenters. The first kappa shape index (κ1) is 16.9. The number of thiazole rings is 1. The molecule has 1 fully saturated rings. The lowest BCUT2D eigenvalue weighted by atomic mass is 9.95. The van der Waals surface area contributed by atoms with Gasteiger partial charge in [-0.05, 0) is 38.3 Å². The number of hydrogen-bond acceptors (Lipinski definition) is 3. The van der Waals surface area contributed by atoms with Gasteiger partial charge in [0, 0.05) is 23.9 Å². The Hall–Kier alpha value is -1.95. The van der Waals surface area contributed by atoms with Gasteiger partial charge >= 0.3 is 0 Å². The zero-order valence-corrected chi connectivity index (χ0v) is 15.1. The molecular weight excluding hydrogens is 323 g/mol. The van der Waals surface area contributed by atoms with Crippen LogP contribution in [0.15, 0.2) is 29.3 Å². The fourth-order valence-corrected chi connectivity index (χ4v) is 3.70. The van der Waals surface area contributed by atoms with Gasteiger partial charge in [0.15, 0.2) is 5.96 Å². The summed E-state index contributed by atoms with van der Waals surface area (Å²) in [6.45, 7) is 5.43. The third kappa shape index (κ3) is 3.59. The minimum Gasteiger partial charge on any atom is -0.356 e. The van der Waals surface area contributed by atoms with Crippen molar-refractivity contribution < 1.29 is 4.39 Å². The molecule has 3 rings (SSSR count). The highest BCUT2D eigenvalue weighted by molar-refractivity contribution is 7.11. The summed E-state index contributed by atoms with van der Waals surface area (Å²) in [7, 11) is 1.75. The lowest BCUT2D eigenvalue weighted by Crippen LogP contribution is -2.41. The second-order valence-electron chi connectivity index (χ2n) is 6.29. The van der Waals surface area contributed by atoms with Crippen LogP contribution in [0.4, 0.5) is 4.39 Å². The van der Waals surface area contributed by atoms with Gasteiger partial charge in [-0.1, -0.05) is 18.2 Å². The average molecular weight is 346 g/mol. The van der Waals surface area contributed by atoms with Crippen molar-refractivity contribution in [3.05, 3.63) is 51.2 Å². The second kappa shape index (κ2) is 6.89. The Labute approximate surface area is 146 Å². The van der Waals surface area contributed by atoms with Gasteiger partial charge in [-0.3, -0.25) is 4.99 Å². The summed E-state index contributed by atoms with van der Waals surface area (Å²) < 4.78 is 14.1. The van der Waals surface area contributed by atoms with Gasteiger partial charge in [0.2, 0.25) is 0 Å². The van der Waals surface area contributed by atoms with E-state index in [1.54, 1.807) is 24.5 Å². The quantitative estimate of drug-likeness (QED) is 0.645. The fraction of sp³-hybridized carbons (Fsp3) is 0.444.